The molecule has 0 aromatic rings. The molecule has 0 aromatic carbocycles. The fraction of sp³-hybridized carbons (Fsp3) is 0.500. The van der Waals surface area contributed by atoms with Gasteiger partial charge in [0.05, 0.1) is 6.42 Å². The number of halogens is 3. The maximum Gasteiger partial charge on any atom is 0.392 e. The van der Waals surface area contributed by atoms with Gasteiger partial charge in [0, 0.05) is 5.92 Å². The summed E-state index contributed by atoms with van der Waals surface area (Å²) in [5.41, 5.74) is 0. The summed E-state index contributed by atoms with van der Waals surface area (Å²) in [5.74, 6) is 0.448. The first-order valence-corrected chi connectivity index (χ1v) is 2.66. The summed E-state index contributed by atoms with van der Waals surface area (Å²) in [6.45, 7) is -0.716. The Balaban J connectivity index is 3.45. The molecule has 5 heteroatoms. The van der Waals surface area contributed by atoms with Crippen molar-refractivity contribution in [3.05, 3.63) is 0 Å². The van der Waals surface area contributed by atoms with E-state index in [2.05, 4.69) is 11.2 Å². The quantitative estimate of drug-likeness (QED) is 0.349. The highest BCUT2D eigenvalue weighted by Gasteiger charge is 2.27. The van der Waals surface area contributed by atoms with Crippen LogP contribution in [0.5, 0.6) is 0 Å². The third-order valence-corrected chi connectivity index (χ3v) is 0.737. The van der Waals surface area contributed by atoms with Crippen molar-refractivity contribution in [3.8, 4) is 12.3 Å². The lowest BCUT2D eigenvalue weighted by Gasteiger charge is -2.04. The first-order chi connectivity index (χ1) is 4.95. The van der Waals surface area contributed by atoms with Crippen LogP contribution in [0.15, 0.2) is 0 Å². The van der Waals surface area contributed by atoms with E-state index in [9.17, 15) is 18.0 Å². The predicted octanol–water partition coefficient (Wildman–Crippen LogP) is 1.12. The maximum absolute atomic E-state index is 11.4. The van der Waals surface area contributed by atoms with Crippen molar-refractivity contribution >= 4 is 5.97 Å². The summed E-state index contributed by atoms with van der Waals surface area (Å²) < 4.78 is 38.1. The van der Waals surface area contributed by atoms with Crippen LogP contribution in [0, 0.1) is 12.3 Å². The molecule has 0 saturated heterocycles. The topological polar surface area (TPSA) is 26.3 Å². The molecule has 0 spiro atoms. The Morgan fingerprint density at radius 3 is 2.45 bits per heavy atom. The van der Waals surface area contributed by atoms with E-state index in [4.69, 9.17) is 0 Å². The van der Waals surface area contributed by atoms with Gasteiger partial charge in [-0.25, -0.2) is 4.79 Å². The molecule has 62 valence electrons. The number of hydrogen-bond acceptors (Lipinski definition) is 2. The van der Waals surface area contributed by atoms with Gasteiger partial charge >= 0.3 is 12.1 Å². The van der Waals surface area contributed by atoms with Crippen molar-refractivity contribution in [3.63, 3.8) is 0 Å². The van der Waals surface area contributed by atoms with Crippen molar-refractivity contribution in [2.24, 2.45) is 0 Å². The molecule has 0 aliphatic rings. The summed E-state index contributed by atoms with van der Waals surface area (Å²) in [6.07, 6.45) is -0.961. The Morgan fingerprint density at radius 1 is 1.55 bits per heavy atom. The largest absolute Gasteiger partial charge is 0.456 e. The molecule has 0 bridgehead atoms. The standard InChI is InChI=1S/C6H5F3O2/c1-2-5(10)11-4-3-6(7,8)9/h1H,3-4H2. The van der Waals surface area contributed by atoms with E-state index in [1.165, 1.54) is 5.92 Å². The van der Waals surface area contributed by atoms with Crippen molar-refractivity contribution in [1.82, 2.24) is 0 Å². The van der Waals surface area contributed by atoms with E-state index in [1.54, 1.807) is 0 Å². The average molecular weight is 166 g/mol. The third kappa shape index (κ3) is 6.71. The van der Waals surface area contributed by atoms with E-state index in [0.717, 1.165) is 0 Å². The van der Waals surface area contributed by atoms with Crippen LogP contribution in [0.4, 0.5) is 13.2 Å². The van der Waals surface area contributed by atoms with Crippen LogP contribution in [0.25, 0.3) is 0 Å². The maximum atomic E-state index is 11.4. The van der Waals surface area contributed by atoms with Crippen LogP contribution in [0.3, 0.4) is 0 Å². The Hall–Kier alpha value is -1.18. The number of esters is 1. The molecule has 0 N–H and O–H groups in total. The molecule has 11 heavy (non-hydrogen) atoms. The van der Waals surface area contributed by atoms with Crippen LogP contribution < -0.4 is 0 Å². The normalized spacial score (nSPS) is 10.4. The minimum absolute atomic E-state index is 0.716. The summed E-state index contributed by atoms with van der Waals surface area (Å²) in [7, 11) is 0. The van der Waals surface area contributed by atoms with E-state index < -0.39 is 25.2 Å². The number of carbonyl (C=O) groups is 1. The summed E-state index contributed by atoms with van der Waals surface area (Å²) >= 11 is 0. The second-order valence-corrected chi connectivity index (χ2v) is 1.65. The molecule has 0 aromatic heterocycles. The van der Waals surface area contributed by atoms with Gasteiger partial charge in [0.1, 0.15) is 6.61 Å². The van der Waals surface area contributed by atoms with Gasteiger partial charge in [-0.3, -0.25) is 0 Å². The van der Waals surface area contributed by atoms with E-state index in [-0.39, 0.29) is 0 Å². The first-order valence-electron chi connectivity index (χ1n) is 2.66. The zero-order valence-electron chi connectivity index (χ0n) is 5.44. The molecule has 0 rings (SSSR count). The highest BCUT2D eigenvalue weighted by Crippen LogP contribution is 2.18. The lowest BCUT2D eigenvalue weighted by molar-refractivity contribution is -0.154. The van der Waals surface area contributed by atoms with Gasteiger partial charge in [-0.15, -0.1) is 6.42 Å². The molecule has 0 fully saturated rings. The van der Waals surface area contributed by atoms with E-state index >= 15 is 0 Å². The number of hydrogen-bond donors (Lipinski definition) is 0. The number of rotatable bonds is 2. The lowest BCUT2D eigenvalue weighted by Crippen LogP contribution is -2.13. The summed E-state index contributed by atoms with van der Waals surface area (Å²) in [5, 5.41) is 0. The second-order valence-electron chi connectivity index (χ2n) is 1.65. The number of ether oxygens (including phenoxy) is 1. The second kappa shape index (κ2) is 3.86. The van der Waals surface area contributed by atoms with Gasteiger partial charge in [0.2, 0.25) is 0 Å². The fourth-order valence-corrected chi connectivity index (χ4v) is 0.301. The van der Waals surface area contributed by atoms with Gasteiger partial charge in [-0.1, -0.05) is 0 Å². The van der Waals surface area contributed by atoms with E-state index in [1.807, 2.05) is 0 Å². The van der Waals surface area contributed by atoms with Gasteiger partial charge in [0.25, 0.3) is 0 Å². The van der Waals surface area contributed by atoms with Gasteiger partial charge < -0.3 is 4.74 Å². The highest BCUT2D eigenvalue weighted by atomic mass is 19.4. The van der Waals surface area contributed by atoms with Crippen LogP contribution in [0.1, 0.15) is 6.42 Å². The zero-order valence-corrected chi connectivity index (χ0v) is 5.44. The van der Waals surface area contributed by atoms with Crippen molar-refractivity contribution < 1.29 is 22.7 Å². The van der Waals surface area contributed by atoms with Crippen LogP contribution in [0.2, 0.25) is 0 Å². The number of terminal acetylenes is 1. The van der Waals surface area contributed by atoms with Crippen molar-refractivity contribution in [2.45, 2.75) is 12.6 Å². The van der Waals surface area contributed by atoms with Gasteiger partial charge in [0.15, 0.2) is 0 Å². The van der Waals surface area contributed by atoms with Crippen LogP contribution >= 0.6 is 0 Å². The Bertz CT molecular complexity index is 177. The molecule has 0 atom stereocenters. The lowest BCUT2D eigenvalue weighted by atomic mass is 10.4. The molecule has 0 heterocycles. The SMILES string of the molecule is C#CC(=O)OCCC(F)(F)F. The van der Waals surface area contributed by atoms with Crippen LogP contribution in [-0.4, -0.2) is 18.8 Å². The van der Waals surface area contributed by atoms with E-state index in [0.29, 0.717) is 0 Å². The number of carbonyl (C=O) groups excluding carboxylic acids is 1. The molecular weight excluding hydrogens is 161 g/mol. The third-order valence-electron chi connectivity index (χ3n) is 0.737. The van der Waals surface area contributed by atoms with Crippen molar-refractivity contribution in [1.29, 1.82) is 0 Å². The highest BCUT2D eigenvalue weighted by molar-refractivity contribution is 5.87. The summed E-state index contributed by atoms with van der Waals surface area (Å²) in [6, 6.07) is 0. The molecule has 0 aliphatic carbocycles. The minimum Gasteiger partial charge on any atom is -0.456 e. The minimum atomic E-state index is -4.31. The fourth-order valence-electron chi connectivity index (χ4n) is 0.301. The Kier molecular flexibility index (Phi) is 3.45. The van der Waals surface area contributed by atoms with Crippen LogP contribution in [-0.2, 0) is 9.53 Å². The average Bonchev–Trinajstić information content (AvgIpc) is 1.85. The molecule has 0 amide bonds. The van der Waals surface area contributed by atoms with Crippen molar-refractivity contribution in [2.75, 3.05) is 6.61 Å². The van der Waals surface area contributed by atoms with Gasteiger partial charge in [-0.05, 0) is 0 Å². The Morgan fingerprint density at radius 2 is 2.09 bits per heavy atom. The molecule has 2 nitrogen and oxygen atoms in total. The number of alkyl halides is 3. The molecule has 0 radical (unpaired) electrons. The molecule has 0 saturated carbocycles. The Labute approximate surface area is 61.3 Å². The predicted molar refractivity (Wildman–Crippen MR) is 30.5 cm³/mol. The molecule has 0 unspecified atom stereocenters. The van der Waals surface area contributed by atoms with Gasteiger partial charge in [-0.2, -0.15) is 13.2 Å². The molecular formula is C6H5F3O2. The monoisotopic (exact) mass is 166 g/mol. The summed E-state index contributed by atoms with van der Waals surface area (Å²) in [4.78, 5) is 10.1. The first kappa shape index (κ1) is 9.82. The molecule has 0 aliphatic heterocycles. The smallest absolute Gasteiger partial charge is 0.392 e. The zero-order chi connectivity index (χ0) is 8.91.